The quantitative estimate of drug-likeness (QED) is 0.201. The van der Waals surface area contributed by atoms with Crippen molar-refractivity contribution in [2.24, 2.45) is 4.99 Å². The Balaban J connectivity index is 1.11. The normalized spacial score (nSPS) is 14.5. The van der Waals surface area contributed by atoms with Gasteiger partial charge in [0.25, 0.3) is 0 Å². The molecule has 240 valence electrons. The van der Waals surface area contributed by atoms with Crippen LogP contribution < -0.4 is 5.32 Å². The lowest BCUT2D eigenvalue weighted by Crippen LogP contribution is -2.31. The van der Waals surface area contributed by atoms with Crippen LogP contribution in [0.4, 0.5) is 0 Å². The summed E-state index contributed by atoms with van der Waals surface area (Å²) in [5.41, 5.74) is 10.5. The molecule has 1 atom stereocenters. The van der Waals surface area contributed by atoms with Gasteiger partial charge in [-0.25, -0.2) is 4.99 Å². The smallest absolute Gasteiger partial charge is 0.136 e. The van der Waals surface area contributed by atoms with Crippen LogP contribution in [-0.4, -0.2) is 5.84 Å². The number of nitrogens with one attached hydrogen (secondary N) is 1. The largest absolute Gasteiger partial charge is 0.456 e. The molecule has 1 N–H and O–H groups in total. The molecule has 1 unspecified atom stereocenters. The summed E-state index contributed by atoms with van der Waals surface area (Å²) in [7, 11) is 0. The molecule has 10 rings (SSSR count). The third kappa shape index (κ3) is 5.27. The van der Waals surface area contributed by atoms with Crippen molar-refractivity contribution >= 4 is 55.0 Å². The Kier molecular flexibility index (Phi) is 6.88. The van der Waals surface area contributed by atoms with Gasteiger partial charge >= 0.3 is 0 Å². The highest BCUT2D eigenvalue weighted by Crippen LogP contribution is 2.40. The first-order valence-corrected chi connectivity index (χ1v) is 17.4. The molecule has 0 saturated heterocycles. The van der Waals surface area contributed by atoms with Gasteiger partial charge in [0, 0.05) is 21.9 Å². The predicted octanol–water partition coefficient (Wildman–Crippen LogP) is 12.4. The highest BCUT2D eigenvalue weighted by atomic mass is 16.3. The van der Waals surface area contributed by atoms with E-state index in [0.717, 1.165) is 55.7 Å². The van der Waals surface area contributed by atoms with Crippen LogP contribution in [0.5, 0.6) is 0 Å². The molecule has 0 spiro atoms. The van der Waals surface area contributed by atoms with Crippen LogP contribution in [0, 0.1) is 0 Å². The Morgan fingerprint density at radius 1 is 0.451 bits per heavy atom. The molecule has 1 aliphatic heterocycles. The van der Waals surface area contributed by atoms with Crippen molar-refractivity contribution in [2.45, 2.75) is 6.04 Å². The maximum Gasteiger partial charge on any atom is 0.136 e. The molecular formula is C48H32N2O. The van der Waals surface area contributed by atoms with E-state index in [1.54, 1.807) is 0 Å². The summed E-state index contributed by atoms with van der Waals surface area (Å²) in [6, 6.07) is 62.3. The van der Waals surface area contributed by atoms with E-state index in [2.05, 4.69) is 175 Å². The second-order valence-corrected chi connectivity index (χ2v) is 13.2. The van der Waals surface area contributed by atoms with E-state index in [-0.39, 0.29) is 6.04 Å². The third-order valence-corrected chi connectivity index (χ3v) is 10.1. The van der Waals surface area contributed by atoms with Gasteiger partial charge in [-0.2, -0.15) is 0 Å². The maximum absolute atomic E-state index is 6.51. The SMILES string of the molecule is C1=C(c2cc(-c3ccccc3)c3c(c2)oc2ccccc23)N=C(c2ccc3ccccc3c2)NC1c1ccc(-c2ccc3ccccc3c2)cc1. The maximum atomic E-state index is 6.51. The van der Waals surface area contributed by atoms with E-state index in [1.807, 2.05) is 12.1 Å². The number of furan rings is 1. The van der Waals surface area contributed by atoms with Gasteiger partial charge in [-0.1, -0.05) is 146 Å². The van der Waals surface area contributed by atoms with Crippen molar-refractivity contribution in [3.63, 3.8) is 0 Å². The number of para-hydroxylation sites is 1. The minimum atomic E-state index is -0.101. The van der Waals surface area contributed by atoms with E-state index in [9.17, 15) is 0 Å². The first-order chi connectivity index (χ1) is 25.2. The van der Waals surface area contributed by atoms with Gasteiger partial charge in [0.15, 0.2) is 0 Å². The summed E-state index contributed by atoms with van der Waals surface area (Å²) in [5.74, 6) is 0.841. The Morgan fingerprint density at radius 3 is 1.84 bits per heavy atom. The fourth-order valence-corrected chi connectivity index (χ4v) is 7.46. The van der Waals surface area contributed by atoms with Gasteiger partial charge in [0.05, 0.1) is 11.7 Å². The molecule has 0 saturated carbocycles. The number of nitrogens with zero attached hydrogens (tertiary/aromatic N) is 1. The first-order valence-electron chi connectivity index (χ1n) is 17.4. The van der Waals surface area contributed by atoms with Gasteiger partial charge in [-0.05, 0) is 85.8 Å². The lowest BCUT2D eigenvalue weighted by atomic mass is 9.94. The van der Waals surface area contributed by atoms with Crippen molar-refractivity contribution in [1.29, 1.82) is 0 Å². The van der Waals surface area contributed by atoms with E-state index in [1.165, 1.54) is 38.2 Å². The third-order valence-electron chi connectivity index (χ3n) is 10.1. The van der Waals surface area contributed by atoms with E-state index in [4.69, 9.17) is 9.41 Å². The van der Waals surface area contributed by atoms with Crippen molar-refractivity contribution < 1.29 is 4.42 Å². The van der Waals surface area contributed by atoms with Gasteiger partial charge in [0.1, 0.15) is 17.0 Å². The Hall–Kier alpha value is -6.71. The molecular weight excluding hydrogens is 621 g/mol. The van der Waals surface area contributed by atoms with Crippen LogP contribution in [0.25, 0.3) is 71.4 Å². The predicted molar refractivity (Wildman–Crippen MR) is 213 cm³/mol. The second-order valence-electron chi connectivity index (χ2n) is 13.2. The van der Waals surface area contributed by atoms with Gasteiger partial charge in [-0.3, -0.25) is 0 Å². The number of amidine groups is 1. The van der Waals surface area contributed by atoms with Crippen molar-refractivity contribution in [2.75, 3.05) is 0 Å². The summed E-state index contributed by atoms with van der Waals surface area (Å²) >= 11 is 0. The molecule has 0 aliphatic carbocycles. The summed E-state index contributed by atoms with van der Waals surface area (Å²) in [4.78, 5) is 5.32. The topological polar surface area (TPSA) is 37.5 Å². The molecule has 3 nitrogen and oxygen atoms in total. The molecule has 9 aromatic rings. The van der Waals surface area contributed by atoms with Gasteiger partial charge in [-0.15, -0.1) is 0 Å². The number of benzene rings is 8. The molecule has 2 heterocycles. The van der Waals surface area contributed by atoms with Gasteiger partial charge in [0.2, 0.25) is 0 Å². The fourth-order valence-electron chi connectivity index (χ4n) is 7.46. The first kappa shape index (κ1) is 29.2. The Bertz CT molecular complexity index is 2830. The highest BCUT2D eigenvalue weighted by Gasteiger charge is 2.22. The Morgan fingerprint density at radius 2 is 1.08 bits per heavy atom. The molecule has 3 heteroatoms. The van der Waals surface area contributed by atoms with Crippen LogP contribution in [0.3, 0.4) is 0 Å². The van der Waals surface area contributed by atoms with Crippen LogP contribution in [0.15, 0.2) is 191 Å². The fraction of sp³-hybridized carbons (Fsp3) is 0.0208. The van der Waals surface area contributed by atoms with Crippen LogP contribution in [0.1, 0.15) is 22.7 Å². The molecule has 8 aromatic carbocycles. The van der Waals surface area contributed by atoms with Crippen molar-refractivity contribution in [3.05, 3.63) is 199 Å². The minimum absolute atomic E-state index is 0.101. The van der Waals surface area contributed by atoms with E-state index >= 15 is 0 Å². The lowest BCUT2D eigenvalue weighted by molar-refractivity contribution is 0.669. The van der Waals surface area contributed by atoms with Crippen LogP contribution in [-0.2, 0) is 0 Å². The average molecular weight is 653 g/mol. The molecule has 0 bridgehead atoms. The van der Waals surface area contributed by atoms with Crippen molar-refractivity contribution in [3.8, 4) is 22.3 Å². The molecule has 0 radical (unpaired) electrons. The summed E-state index contributed by atoms with van der Waals surface area (Å²) in [6.07, 6.45) is 2.24. The zero-order chi connectivity index (χ0) is 33.7. The van der Waals surface area contributed by atoms with Crippen molar-refractivity contribution in [1.82, 2.24) is 5.32 Å². The number of hydrogen-bond acceptors (Lipinski definition) is 3. The second kappa shape index (κ2) is 12.0. The molecule has 0 amide bonds. The van der Waals surface area contributed by atoms with Gasteiger partial charge < -0.3 is 9.73 Å². The highest BCUT2D eigenvalue weighted by molar-refractivity contribution is 6.14. The number of fused-ring (bicyclic) bond motifs is 5. The molecule has 1 aliphatic rings. The Labute approximate surface area is 295 Å². The van der Waals surface area contributed by atoms with E-state index < -0.39 is 0 Å². The zero-order valence-corrected chi connectivity index (χ0v) is 27.8. The number of hydrogen-bond donors (Lipinski definition) is 1. The van der Waals surface area contributed by atoms with E-state index in [0.29, 0.717) is 0 Å². The number of aliphatic imine (C=N–C) groups is 1. The lowest BCUT2D eigenvalue weighted by Gasteiger charge is -2.25. The van der Waals surface area contributed by atoms with Crippen LogP contribution in [0.2, 0.25) is 0 Å². The monoisotopic (exact) mass is 652 g/mol. The van der Waals surface area contributed by atoms with Crippen LogP contribution >= 0.6 is 0 Å². The zero-order valence-electron chi connectivity index (χ0n) is 27.8. The summed E-state index contributed by atoms with van der Waals surface area (Å²) in [5, 5.41) is 10.9. The molecule has 0 fully saturated rings. The summed E-state index contributed by atoms with van der Waals surface area (Å²) in [6.45, 7) is 0. The minimum Gasteiger partial charge on any atom is -0.456 e. The molecule has 1 aromatic heterocycles. The molecule has 51 heavy (non-hydrogen) atoms. The standard InChI is InChI=1S/C48H32N2O/c1-2-12-34(13-3-1)42-28-40(29-46-47(42)41-16-8-9-17-45(41)51-46)44-30-43(49-48(50-44)39-25-21-32-11-5-7-15-37(32)27-39)35-22-18-33(19-23-35)38-24-20-31-10-4-6-14-36(31)26-38/h1-30,43H,(H,49,50). The average Bonchev–Trinajstić information content (AvgIpc) is 3.59. The summed E-state index contributed by atoms with van der Waals surface area (Å²) < 4.78 is 6.51. The number of rotatable bonds is 5.